The molecule has 1 N–H and O–H groups in total. The molecule has 0 bridgehead atoms. The van der Waals surface area contributed by atoms with Gasteiger partial charge in [-0.1, -0.05) is 0 Å². The standard InChI is InChI=1S/C16H22N4O/c1-12(2)19-16-14-5-7-20(10-13-4-3-9-21-13)8-6-15(14)17-11-18-16/h3-4,9,11-12H,5-8,10H2,1-2H3,(H,17,18,19). The zero-order valence-corrected chi connectivity index (χ0v) is 12.7. The topological polar surface area (TPSA) is 54.2 Å². The summed E-state index contributed by atoms with van der Waals surface area (Å²) in [4.78, 5) is 11.3. The van der Waals surface area contributed by atoms with Crippen LogP contribution in [0.5, 0.6) is 0 Å². The van der Waals surface area contributed by atoms with Gasteiger partial charge in [0.25, 0.3) is 0 Å². The number of fused-ring (bicyclic) bond motifs is 1. The van der Waals surface area contributed by atoms with E-state index in [0.29, 0.717) is 6.04 Å². The quantitative estimate of drug-likeness (QED) is 0.936. The molecule has 0 aliphatic carbocycles. The van der Waals surface area contributed by atoms with Crippen molar-refractivity contribution in [1.29, 1.82) is 0 Å². The number of aromatic nitrogens is 2. The van der Waals surface area contributed by atoms with E-state index >= 15 is 0 Å². The molecule has 3 rings (SSSR count). The minimum absolute atomic E-state index is 0.381. The highest BCUT2D eigenvalue weighted by Gasteiger charge is 2.19. The van der Waals surface area contributed by atoms with E-state index in [1.54, 1.807) is 12.6 Å². The van der Waals surface area contributed by atoms with Crippen molar-refractivity contribution >= 4 is 5.82 Å². The van der Waals surface area contributed by atoms with Gasteiger partial charge in [0.1, 0.15) is 17.9 Å². The molecule has 0 saturated carbocycles. The van der Waals surface area contributed by atoms with Gasteiger partial charge in [0.05, 0.1) is 18.5 Å². The summed E-state index contributed by atoms with van der Waals surface area (Å²) in [6.07, 6.45) is 5.35. The summed E-state index contributed by atoms with van der Waals surface area (Å²) in [5.41, 5.74) is 2.45. The molecule has 0 radical (unpaired) electrons. The molecular formula is C16H22N4O. The number of furan rings is 1. The molecular weight excluding hydrogens is 264 g/mol. The van der Waals surface area contributed by atoms with E-state index < -0.39 is 0 Å². The van der Waals surface area contributed by atoms with Gasteiger partial charge in [0, 0.05) is 31.1 Å². The SMILES string of the molecule is CC(C)Nc1ncnc2c1CCN(Cc1ccco1)CC2. The van der Waals surface area contributed by atoms with Crippen molar-refractivity contribution in [2.45, 2.75) is 39.3 Å². The number of hydrogen-bond acceptors (Lipinski definition) is 5. The fourth-order valence-electron chi connectivity index (χ4n) is 2.75. The first-order valence-corrected chi connectivity index (χ1v) is 7.56. The van der Waals surface area contributed by atoms with Crippen LogP contribution in [-0.4, -0.2) is 34.0 Å². The van der Waals surface area contributed by atoms with Crippen molar-refractivity contribution in [1.82, 2.24) is 14.9 Å². The highest BCUT2D eigenvalue weighted by atomic mass is 16.3. The average Bonchev–Trinajstić information content (AvgIpc) is 2.86. The molecule has 0 aromatic carbocycles. The summed E-state index contributed by atoms with van der Waals surface area (Å²) in [5, 5.41) is 3.43. The number of nitrogens with zero attached hydrogens (tertiary/aromatic N) is 3. The Morgan fingerprint density at radius 1 is 1.29 bits per heavy atom. The maximum atomic E-state index is 5.45. The Kier molecular flexibility index (Phi) is 4.20. The van der Waals surface area contributed by atoms with Crippen LogP contribution < -0.4 is 5.32 Å². The smallest absolute Gasteiger partial charge is 0.133 e. The van der Waals surface area contributed by atoms with Crippen LogP contribution in [0.1, 0.15) is 30.9 Å². The molecule has 0 unspecified atom stereocenters. The molecule has 21 heavy (non-hydrogen) atoms. The van der Waals surface area contributed by atoms with Crippen LogP contribution in [0.4, 0.5) is 5.82 Å². The zero-order chi connectivity index (χ0) is 14.7. The fraction of sp³-hybridized carbons (Fsp3) is 0.500. The number of anilines is 1. The zero-order valence-electron chi connectivity index (χ0n) is 12.7. The molecule has 3 heterocycles. The first-order valence-electron chi connectivity index (χ1n) is 7.56. The van der Waals surface area contributed by atoms with Crippen molar-refractivity contribution < 1.29 is 4.42 Å². The van der Waals surface area contributed by atoms with Gasteiger partial charge < -0.3 is 9.73 Å². The molecule has 0 spiro atoms. The second-order valence-electron chi connectivity index (χ2n) is 5.80. The first kappa shape index (κ1) is 14.1. The predicted octanol–water partition coefficient (Wildman–Crippen LogP) is 2.49. The average molecular weight is 286 g/mol. The molecule has 5 nitrogen and oxygen atoms in total. The van der Waals surface area contributed by atoms with Gasteiger partial charge in [0.15, 0.2) is 0 Å². The lowest BCUT2D eigenvalue weighted by Gasteiger charge is -2.18. The second-order valence-corrected chi connectivity index (χ2v) is 5.80. The normalized spacial score (nSPS) is 15.8. The van der Waals surface area contributed by atoms with Crippen LogP contribution in [0.2, 0.25) is 0 Å². The molecule has 0 atom stereocenters. The summed E-state index contributed by atoms with van der Waals surface area (Å²) in [7, 11) is 0. The van der Waals surface area contributed by atoms with Gasteiger partial charge in [-0.15, -0.1) is 0 Å². The van der Waals surface area contributed by atoms with Gasteiger partial charge in [-0.2, -0.15) is 0 Å². The van der Waals surface area contributed by atoms with Gasteiger partial charge in [-0.3, -0.25) is 4.90 Å². The monoisotopic (exact) mass is 286 g/mol. The Morgan fingerprint density at radius 2 is 2.14 bits per heavy atom. The summed E-state index contributed by atoms with van der Waals surface area (Å²) >= 11 is 0. The van der Waals surface area contributed by atoms with Crippen LogP contribution in [0.15, 0.2) is 29.1 Å². The maximum absolute atomic E-state index is 5.45. The lowest BCUT2D eigenvalue weighted by molar-refractivity contribution is 0.255. The third-order valence-corrected chi connectivity index (χ3v) is 3.76. The van der Waals surface area contributed by atoms with Crippen molar-refractivity contribution in [3.05, 3.63) is 41.7 Å². The lowest BCUT2D eigenvalue weighted by Crippen LogP contribution is -2.25. The van der Waals surface area contributed by atoms with Gasteiger partial charge in [0.2, 0.25) is 0 Å². The highest BCUT2D eigenvalue weighted by Crippen LogP contribution is 2.21. The summed E-state index contributed by atoms with van der Waals surface area (Å²) in [5.74, 6) is 2.02. The van der Waals surface area contributed by atoms with Crippen molar-refractivity contribution in [3.63, 3.8) is 0 Å². The largest absolute Gasteiger partial charge is 0.468 e. The maximum Gasteiger partial charge on any atom is 0.133 e. The minimum atomic E-state index is 0.381. The third-order valence-electron chi connectivity index (χ3n) is 3.76. The third kappa shape index (κ3) is 3.42. The molecule has 2 aromatic heterocycles. The van der Waals surface area contributed by atoms with Crippen LogP contribution >= 0.6 is 0 Å². The molecule has 1 aliphatic rings. The van der Waals surface area contributed by atoms with Gasteiger partial charge >= 0.3 is 0 Å². The van der Waals surface area contributed by atoms with E-state index in [4.69, 9.17) is 4.42 Å². The van der Waals surface area contributed by atoms with E-state index in [-0.39, 0.29) is 0 Å². The van der Waals surface area contributed by atoms with E-state index in [9.17, 15) is 0 Å². The number of nitrogens with one attached hydrogen (secondary N) is 1. The first-order chi connectivity index (χ1) is 10.2. The van der Waals surface area contributed by atoms with Crippen molar-refractivity contribution in [3.8, 4) is 0 Å². The molecule has 2 aromatic rings. The molecule has 1 aliphatic heterocycles. The molecule has 0 amide bonds. The second kappa shape index (κ2) is 6.26. The summed E-state index contributed by atoms with van der Waals surface area (Å²) in [6, 6.07) is 4.35. The Labute approximate surface area is 125 Å². The van der Waals surface area contributed by atoms with E-state index in [2.05, 4.69) is 34.0 Å². The number of rotatable bonds is 4. The lowest BCUT2D eigenvalue weighted by atomic mass is 10.1. The molecule has 5 heteroatoms. The van der Waals surface area contributed by atoms with Crippen molar-refractivity contribution in [2.24, 2.45) is 0 Å². The molecule has 112 valence electrons. The predicted molar refractivity (Wildman–Crippen MR) is 82.2 cm³/mol. The van der Waals surface area contributed by atoms with Gasteiger partial charge in [-0.05, 0) is 32.4 Å². The van der Waals surface area contributed by atoms with E-state index in [1.807, 2.05) is 12.1 Å². The van der Waals surface area contributed by atoms with Crippen LogP contribution in [0, 0.1) is 0 Å². The van der Waals surface area contributed by atoms with Crippen LogP contribution in [0.25, 0.3) is 0 Å². The summed E-state index contributed by atoms with van der Waals surface area (Å²) in [6.45, 7) is 7.14. The Hall–Kier alpha value is -1.88. The van der Waals surface area contributed by atoms with Crippen molar-refractivity contribution in [2.75, 3.05) is 18.4 Å². The van der Waals surface area contributed by atoms with Gasteiger partial charge in [-0.25, -0.2) is 9.97 Å². The minimum Gasteiger partial charge on any atom is -0.468 e. The Bertz CT molecular complexity index is 580. The Morgan fingerprint density at radius 3 is 2.90 bits per heavy atom. The summed E-state index contributed by atoms with van der Waals surface area (Å²) < 4.78 is 5.45. The molecule has 0 fully saturated rings. The van der Waals surface area contributed by atoms with Crippen LogP contribution in [-0.2, 0) is 19.4 Å². The van der Waals surface area contributed by atoms with Crippen LogP contribution in [0.3, 0.4) is 0 Å². The number of hydrogen-bond donors (Lipinski definition) is 1. The highest BCUT2D eigenvalue weighted by molar-refractivity contribution is 5.47. The van der Waals surface area contributed by atoms with E-state index in [1.165, 1.54) is 11.3 Å². The van der Waals surface area contributed by atoms with E-state index in [0.717, 1.165) is 44.1 Å². The molecule has 0 saturated heterocycles. The fourth-order valence-corrected chi connectivity index (χ4v) is 2.75. The Balaban J connectivity index is 1.73.